The van der Waals surface area contributed by atoms with Gasteiger partial charge in [-0.3, -0.25) is 0 Å². The van der Waals surface area contributed by atoms with Crippen molar-refractivity contribution in [3.63, 3.8) is 0 Å². The standard InChI is InChI=1S/C14H20ClNO/c1-3-12(11-16-8-9-17-2)10-13-6-4-5-7-14(13)15/h4-7,10,16H,3,8-9,11H2,1-2H3. The fourth-order valence-electron chi connectivity index (χ4n) is 1.51. The molecule has 0 spiro atoms. The van der Waals surface area contributed by atoms with Gasteiger partial charge in [0.2, 0.25) is 0 Å². The maximum atomic E-state index is 6.12. The lowest BCUT2D eigenvalue weighted by atomic mass is 10.1. The first kappa shape index (κ1) is 14.2. The molecule has 0 amide bonds. The van der Waals surface area contributed by atoms with E-state index in [9.17, 15) is 0 Å². The minimum atomic E-state index is 0.739. The Balaban J connectivity index is 2.57. The quantitative estimate of drug-likeness (QED) is 0.753. The Morgan fingerprint density at radius 2 is 2.18 bits per heavy atom. The molecule has 0 aromatic heterocycles. The molecular weight excluding hydrogens is 234 g/mol. The van der Waals surface area contributed by atoms with Crippen molar-refractivity contribution in [1.29, 1.82) is 0 Å². The number of methoxy groups -OCH3 is 1. The molecule has 0 atom stereocenters. The molecule has 0 heterocycles. The first-order valence-electron chi connectivity index (χ1n) is 5.91. The first-order valence-corrected chi connectivity index (χ1v) is 6.29. The van der Waals surface area contributed by atoms with Gasteiger partial charge in [0, 0.05) is 25.2 Å². The van der Waals surface area contributed by atoms with Gasteiger partial charge in [-0.25, -0.2) is 0 Å². The average molecular weight is 254 g/mol. The minimum absolute atomic E-state index is 0.739. The fourth-order valence-corrected chi connectivity index (χ4v) is 1.70. The average Bonchev–Trinajstić information content (AvgIpc) is 2.35. The first-order chi connectivity index (χ1) is 8.27. The summed E-state index contributed by atoms with van der Waals surface area (Å²) in [4.78, 5) is 0. The van der Waals surface area contributed by atoms with Crippen molar-refractivity contribution in [2.75, 3.05) is 26.8 Å². The highest BCUT2D eigenvalue weighted by Gasteiger charge is 1.98. The van der Waals surface area contributed by atoms with Crippen molar-refractivity contribution >= 4 is 17.7 Å². The SMILES string of the molecule is CCC(=Cc1ccccc1Cl)CNCCOC. The number of hydrogen-bond donors (Lipinski definition) is 1. The molecule has 94 valence electrons. The maximum absolute atomic E-state index is 6.12. The largest absolute Gasteiger partial charge is 0.383 e. The van der Waals surface area contributed by atoms with E-state index in [0.717, 1.165) is 36.7 Å². The molecule has 1 N–H and O–H groups in total. The fraction of sp³-hybridized carbons (Fsp3) is 0.429. The van der Waals surface area contributed by atoms with Crippen LogP contribution in [0, 0.1) is 0 Å². The normalized spacial score (nSPS) is 11.8. The molecule has 0 radical (unpaired) electrons. The van der Waals surface area contributed by atoms with Crippen LogP contribution in [0.4, 0.5) is 0 Å². The zero-order valence-corrected chi connectivity index (χ0v) is 11.3. The van der Waals surface area contributed by atoms with Crippen LogP contribution in [0.1, 0.15) is 18.9 Å². The smallest absolute Gasteiger partial charge is 0.0587 e. The van der Waals surface area contributed by atoms with Crippen molar-refractivity contribution < 1.29 is 4.74 Å². The molecule has 0 saturated heterocycles. The zero-order valence-electron chi connectivity index (χ0n) is 10.5. The number of ether oxygens (including phenoxy) is 1. The molecule has 0 bridgehead atoms. The Bertz CT molecular complexity index is 363. The lowest BCUT2D eigenvalue weighted by Crippen LogP contribution is -2.21. The van der Waals surface area contributed by atoms with Crippen LogP contribution in [0.2, 0.25) is 5.02 Å². The van der Waals surface area contributed by atoms with E-state index in [0.29, 0.717) is 0 Å². The van der Waals surface area contributed by atoms with Crippen LogP contribution in [0.25, 0.3) is 6.08 Å². The number of halogens is 1. The summed E-state index contributed by atoms with van der Waals surface area (Å²) in [5.41, 5.74) is 2.42. The van der Waals surface area contributed by atoms with Gasteiger partial charge < -0.3 is 10.1 Å². The van der Waals surface area contributed by atoms with Crippen LogP contribution in [-0.4, -0.2) is 26.8 Å². The van der Waals surface area contributed by atoms with E-state index in [2.05, 4.69) is 18.3 Å². The van der Waals surface area contributed by atoms with Gasteiger partial charge in [-0.05, 0) is 18.1 Å². The van der Waals surface area contributed by atoms with Gasteiger partial charge in [-0.2, -0.15) is 0 Å². The van der Waals surface area contributed by atoms with Crippen LogP contribution < -0.4 is 5.32 Å². The monoisotopic (exact) mass is 253 g/mol. The van der Waals surface area contributed by atoms with E-state index in [1.54, 1.807) is 7.11 Å². The summed E-state index contributed by atoms with van der Waals surface area (Å²) in [5, 5.41) is 4.14. The predicted octanol–water partition coefficient (Wildman–Crippen LogP) is 3.37. The van der Waals surface area contributed by atoms with Crippen LogP contribution in [0.15, 0.2) is 29.8 Å². The molecule has 2 nitrogen and oxygen atoms in total. The highest BCUT2D eigenvalue weighted by molar-refractivity contribution is 6.32. The summed E-state index contributed by atoms with van der Waals surface area (Å²) in [5.74, 6) is 0. The summed E-state index contributed by atoms with van der Waals surface area (Å²) in [6.45, 7) is 4.64. The van der Waals surface area contributed by atoms with Crippen molar-refractivity contribution in [2.24, 2.45) is 0 Å². The Hall–Kier alpha value is -0.830. The molecule has 0 saturated carbocycles. The van der Waals surface area contributed by atoms with Crippen molar-refractivity contribution in [3.05, 3.63) is 40.4 Å². The van der Waals surface area contributed by atoms with Gasteiger partial charge in [0.05, 0.1) is 6.61 Å². The van der Waals surface area contributed by atoms with Crippen molar-refractivity contribution in [1.82, 2.24) is 5.32 Å². The molecule has 0 fully saturated rings. The third-order valence-electron chi connectivity index (χ3n) is 2.55. The lowest BCUT2D eigenvalue weighted by Gasteiger charge is -2.07. The Morgan fingerprint density at radius 1 is 1.41 bits per heavy atom. The molecule has 1 aromatic rings. The highest BCUT2D eigenvalue weighted by atomic mass is 35.5. The molecule has 0 aliphatic carbocycles. The Labute approximate surface area is 109 Å². The number of nitrogens with one attached hydrogen (secondary N) is 1. The Morgan fingerprint density at radius 3 is 2.82 bits per heavy atom. The summed E-state index contributed by atoms with van der Waals surface area (Å²) < 4.78 is 4.99. The zero-order chi connectivity index (χ0) is 12.5. The molecule has 1 rings (SSSR count). The van der Waals surface area contributed by atoms with Gasteiger partial charge >= 0.3 is 0 Å². The second kappa shape index (κ2) is 8.29. The highest BCUT2D eigenvalue weighted by Crippen LogP contribution is 2.18. The number of rotatable bonds is 7. The van der Waals surface area contributed by atoms with Gasteiger partial charge in [0.25, 0.3) is 0 Å². The van der Waals surface area contributed by atoms with Crippen LogP contribution >= 0.6 is 11.6 Å². The van der Waals surface area contributed by atoms with Crippen molar-refractivity contribution in [2.45, 2.75) is 13.3 Å². The second-order valence-corrected chi connectivity index (χ2v) is 4.25. The molecule has 3 heteroatoms. The summed E-state index contributed by atoms with van der Waals surface area (Å²) in [7, 11) is 1.71. The van der Waals surface area contributed by atoms with Gasteiger partial charge in [0.15, 0.2) is 0 Å². The topological polar surface area (TPSA) is 21.3 Å². The van der Waals surface area contributed by atoms with E-state index >= 15 is 0 Å². The second-order valence-electron chi connectivity index (χ2n) is 3.85. The van der Waals surface area contributed by atoms with E-state index in [1.165, 1.54) is 5.57 Å². The van der Waals surface area contributed by atoms with Gasteiger partial charge in [-0.15, -0.1) is 0 Å². The third-order valence-corrected chi connectivity index (χ3v) is 2.90. The third kappa shape index (κ3) is 5.35. The van der Waals surface area contributed by atoms with Crippen LogP contribution in [0.3, 0.4) is 0 Å². The van der Waals surface area contributed by atoms with Gasteiger partial charge in [0.1, 0.15) is 0 Å². The summed E-state index contributed by atoms with van der Waals surface area (Å²) in [6.07, 6.45) is 3.17. The van der Waals surface area contributed by atoms with E-state index < -0.39 is 0 Å². The summed E-state index contributed by atoms with van der Waals surface area (Å²) >= 11 is 6.12. The van der Waals surface area contributed by atoms with E-state index in [1.807, 2.05) is 24.3 Å². The minimum Gasteiger partial charge on any atom is -0.383 e. The van der Waals surface area contributed by atoms with Crippen molar-refractivity contribution in [3.8, 4) is 0 Å². The molecule has 1 aromatic carbocycles. The summed E-state index contributed by atoms with van der Waals surface area (Å²) in [6, 6.07) is 7.90. The molecule has 17 heavy (non-hydrogen) atoms. The molecule has 0 aliphatic heterocycles. The van der Waals surface area contributed by atoms with Crippen LogP contribution in [0.5, 0.6) is 0 Å². The Kier molecular flexibility index (Phi) is 6.94. The maximum Gasteiger partial charge on any atom is 0.0587 e. The van der Waals surface area contributed by atoms with Gasteiger partial charge in [-0.1, -0.05) is 48.4 Å². The van der Waals surface area contributed by atoms with E-state index in [4.69, 9.17) is 16.3 Å². The molecular formula is C14H20ClNO. The molecule has 0 unspecified atom stereocenters. The lowest BCUT2D eigenvalue weighted by molar-refractivity contribution is 0.200. The van der Waals surface area contributed by atoms with E-state index in [-0.39, 0.29) is 0 Å². The number of benzene rings is 1. The number of hydrogen-bond acceptors (Lipinski definition) is 2. The molecule has 0 aliphatic rings. The van der Waals surface area contributed by atoms with Crippen LogP contribution in [-0.2, 0) is 4.74 Å². The predicted molar refractivity (Wildman–Crippen MR) is 74.5 cm³/mol.